The second-order valence-electron chi connectivity index (χ2n) is 7.61. The predicted octanol–water partition coefficient (Wildman–Crippen LogP) is 5.38. The summed E-state index contributed by atoms with van der Waals surface area (Å²) in [7, 11) is 0. The number of allylic oxidation sites excluding steroid dienone is 4. The summed E-state index contributed by atoms with van der Waals surface area (Å²) in [5, 5.41) is 3.55. The van der Waals surface area contributed by atoms with Gasteiger partial charge in [0, 0.05) is 29.3 Å². The highest BCUT2D eigenvalue weighted by atomic mass is 16.1. The van der Waals surface area contributed by atoms with Crippen molar-refractivity contribution in [1.29, 1.82) is 0 Å². The summed E-state index contributed by atoms with van der Waals surface area (Å²) in [6.45, 7) is 6.36. The van der Waals surface area contributed by atoms with Gasteiger partial charge in [-0.15, -0.1) is 0 Å². The largest absolute Gasteiger partial charge is 0.362 e. The van der Waals surface area contributed by atoms with Crippen molar-refractivity contribution >= 4 is 5.78 Å². The molecule has 0 fully saturated rings. The Bertz CT molecular complexity index is 903. The Hall–Kier alpha value is -2.61. The first-order valence-corrected chi connectivity index (χ1v) is 9.36. The molecule has 2 heteroatoms. The molecule has 0 bridgehead atoms. The fourth-order valence-corrected chi connectivity index (χ4v) is 4.28. The van der Waals surface area contributed by atoms with Crippen LogP contribution in [0.15, 0.2) is 77.1 Å². The average Bonchev–Trinajstić information content (AvgIpc) is 2.64. The van der Waals surface area contributed by atoms with Crippen LogP contribution in [0.3, 0.4) is 0 Å². The molecule has 2 nitrogen and oxygen atoms in total. The van der Waals surface area contributed by atoms with Gasteiger partial charge < -0.3 is 5.32 Å². The molecule has 2 unspecified atom stereocenters. The molecule has 26 heavy (non-hydrogen) atoms. The summed E-state index contributed by atoms with van der Waals surface area (Å²) in [6, 6.07) is 19.0. The number of hydrogen-bond donors (Lipinski definition) is 1. The van der Waals surface area contributed by atoms with Crippen LogP contribution in [0, 0.1) is 6.92 Å². The molecule has 0 saturated heterocycles. The van der Waals surface area contributed by atoms with Crippen molar-refractivity contribution in [1.82, 2.24) is 5.32 Å². The third-order valence-electron chi connectivity index (χ3n) is 5.84. The first kappa shape index (κ1) is 16.8. The summed E-state index contributed by atoms with van der Waals surface area (Å²) >= 11 is 0. The van der Waals surface area contributed by atoms with Gasteiger partial charge >= 0.3 is 0 Å². The van der Waals surface area contributed by atoms with E-state index in [0.717, 1.165) is 17.7 Å². The number of Topliss-reactive ketones (excluding diaryl/α,β-unsaturated/α-hetero) is 1. The Morgan fingerprint density at radius 2 is 1.54 bits per heavy atom. The van der Waals surface area contributed by atoms with Crippen molar-refractivity contribution in [3.63, 3.8) is 0 Å². The molecule has 2 aromatic rings. The summed E-state index contributed by atoms with van der Waals surface area (Å²) in [6.07, 6.45) is 1.50. The number of aryl methyl sites for hydroxylation is 1. The second kappa shape index (κ2) is 6.60. The van der Waals surface area contributed by atoms with Gasteiger partial charge in [0.1, 0.15) is 0 Å². The number of benzene rings is 2. The van der Waals surface area contributed by atoms with Gasteiger partial charge in [-0.1, -0.05) is 60.2 Å². The summed E-state index contributed by atoms with van der Waals surface area (Å²) in [5.41, 5.74) is 8.24. The van der Waals surface area contributed by atoms with Gasteiger partial charge in [0.2, 0.25) is 0 Å². The van der Waals surface area contributed by atoms with E-state index in [4.69, 9.17) is 0 Å². The van der Waals surface area contributed by atoms with E-state index in [1.807, 2.05) is 6.07 Å². The lowest BCUT2D eigenvalue weighted by Gasteiger charge is -2.36. The standard InChI is InChI=1S/C24H25NO/c1-15-9-11-18(12-10-15)20-13-21-24(22(26)14-20)23(16(2)17(3)25-21)19-7-5-4-6-8-19/h4-12,20,23,25H,13-14H2,1-3H3. The number of nitrogens with one attached hydrogen (secondary N) is 1. The first-order valence-electron chi connectivity index (χ1n) is 9.36. The number of hydrogen-bond acceptors (Lipinski definition) is 2. The molecular weight excluding hydrogens is 318 g/mol. The Balaban J connectivity index is 1.74. The highest BCUT2D eigenvalue weighted by molar-refractivity contribution is 6.00. The van der Waals surface area contributed by atoms with Gasteiger partial charge in [-0.25, -0.2) is 0 Å². The van der Waals surface area contributed by atoms with Crippen LogP contribution in [-0.2, 0) is 4.79 Å². The van der Waals surface area contributed by atoms with Crippen molar-refractivity contribution in [2.75, 3.05) is 0 Å². The molecule has 1 aliphatic heterocycles. The number of carbonyl (C=O) groups is 1. The molecule has 0 aromatic heterocycles. The predicted molar refractivity (Wildman–Crippen MR) is 106 cm³/mol. The maximum atomic E-state index is 13.2. The fourth-order valence-electron chi connectivity index (χ4n) is 4.28. The molecule has 2 aliphatic rings. The van der Waals surface area contributed by atoms with Crippen molar-refractivity contribution in [2.24, 2.45) is 0 Å². The fraction of sp³-hybridized carbons (Fsp3) is 0.292. The van der Waals surface area contributed by atoms with Crippen LogP contribution >= 0.6 is 0 Å². The van der Waals surface area contributed by atoms with Crippen LogP contribution in [-0.4, -0.2) is 5.78 Å². The van der Waals surface area contributed by atoms with Gasteiger partial charge in [-0.3, -0.25) is 4.79 Å². The summed E-state index contributed by atoms with van der Waals surface area (Å²) in [4.78, 5) is 13.2. The maximum Gasteiger partial charge on any atom is 0.162 e. The van der Waals surface area contributed by atoms with E-state index in [-0.39, 0.29) is 17.6 Å². The van der Waals surface area contributed by atoms with Crippen LogP contribution < -0.4 is 5.32 Å². The van der Waals surface area contributed by atoms with E-state index in [0.29, 0.717) is 6.42 Å². The van der Waals surface area contributed by atoms with Crippen molar-refractivity contribution in [3.05, 3.63) is 93.8 Å². The third-order valence-corrected chi connectivity index (χ3v) is 5.84. The highest BCUT2D eigenvalue weighted by Gasteiger charge is 2.37. The topological polar surface area (TPSA) is 29.1 Å². The van der Waals surface area contributed by atoms with Gasteiger partial charge in [0.05, 0.1) is 0 Å². The number of carbonyl (C=O) groups excluding carboxylic acids is 1. The number of rotatable bonds is 2. The lowest BCUT2D eigenvalue weighted by Crippen LogP contribution is -2.33. The van der Waals surface area contributed by atoms with E-state index in [9.17, 15) is 4.79 Å². The molecule has 1 aliphatic carbocycles. The molecule has 1 N–H and O–H groups in total. The third kappa shape index (κ3) is 2.90. The van der Waals surface area contributed by atoms with Crippen LogP contribution in [0.1, 0.15) is 55.2 Å². The molecule has 0 radical (unpaired) electrons. The SMILES string of the molecule is CC1=C(C)C(c2ccccc2)C2=C(CC(c3ccc(C)cc3)CC2=O)N1. The zero-order chi connectivity index (χ0) is 18.3. The van der Waals surface area contributed by atoms with Gasteiger partial charge in [0.15, 0.2) is 5.78 Å². The molecule has 2 aromatic carbocycles. The monoisotopic (exact) mass is 343 g/mol. The summed E-state index contributed by atoms with van der Waals surface area (Å²) in [5.74, 6) is 0.626. The quantitative estimate of drug-likeness (QED) is 0.793. The minimum atomic E-state index is 0.0823. The van der Waals surface area contributed by atoms with E-state index < -0.39 is 0 Å². The minimum absolute atomic E-state index is 0.0823. The maximum absolute atomic E-state index is 13.2. The zero-order valence-corrected chi connectivity index (χ0v) is 15.7. The Morgan fingerprint density at radius 1 is 0.846 bits per heavy atom. The smallest absolute Gasteiger partial charge is 0.162 e. The molecule has 2 atom stereocenters. The Labute approximate surface area is 155 Å². The van der Waals surface area contributed by atoms with Gasteiger partial charge in [-0.05, 0) is 49.8 Å². The second-order valence-corrected chi connectivity index (χ2v) is 7.61. The van der Waals surface area contributed by atoms with E-state index in [2.05, 4.69) is 74.6 Å². The molecule has 0 spiro atoms. The van der Waals surface area contributed by atoms with E-state index in [1.54, 1.807) is 0 Å². The van der Waals surface area contributed by atoms with Gasteiger partial charge in [0.25, 0.3) is 0 Å². The van der Waals surface area contributed by atoms with Crippen LogP contribution in [0.5, 0.6) is 0 Å². The summed E-state index contributed by atoms with van der Waals surface area (Å²) < 4.78 is 0. The van der Waals surface area contributed by atoms with Crippen LogP contribution in [0.2, 0.25) is 0 Å². The van der Waals surface area contributed by atoms with Crippen LogP contribution in [0.4, 0.5) is 0 Å². The van der Waals surface area contributed by atoms with Crippen molar-refractivity contribution in [3.8, 4) is 0 Å². The minimum Gasteiger partial charge on any atom is -0.362 e. The van der Waals surface area contributed by atoms with E-state index in [1.165, 1.54) is 28.0 Å². The van der Waals surface area contributed by atoms with Crippen molar-refractivity contribution < 1.29 is 4.79 Å². The molecule has 0 saturated carbocycles. The van der Waals surface area contributed by atoms with Gasteiger partial charge in [-0.2, -0.15) is 0 Å². The highest BCUT2D eigenvalue weighted by Crippen LogP contribution is 2.45. The first-order chi connectivity index (χ1) is 12.5. The van der Waals surface area contributed by atoms with Crippen LogP contribution in [0.25, 0.3) is 0 Å². The molecule has 4 rings (SSSR count). The Kier molecular flexibility index (Phi) is 4.28. The molecule has 132 valence electrons. The molecule has 0 amide bonds. The van der Waals surface area contributed by atoms with Crippen molar-refractivity contribution in [2.45, 2.75) is 45.4 Å². The normalized spacial score (nSPS) is 23.0. The zero-order valence-electron chi connectivity index (χ0n) is 15.7. The molecular formula is C24H25NO. The molecule has 1 heterocycles. The Morgan fingerprint density at radius 3 is 2.23 bits per heavy atom. The number of ketones is 1. The average molecular weight is 343 g/mol. The van der Waals surface area contributed by atoms with E-state index >= 15 is 0 Å². The lowest BCUT2D eigenvalue weighted by atomic mass is 9.72. The lowest BCUT2D eigenvalue weighted by molar-refractivity contribution is -0.116. The number of dihydropyridines is 1.